The van der Waals surface area contributed by atoms with Crippen molar-refractivity contribution in [3.8, 4) is 66.8 Å². The van der Waals surface area contributed by atoms with Crippen LogP contribution in [0.25, 0.3) is 132 Å². The molecular formula is C69H40O2. The Bertz CT molecular complexity index is 4550. The molecule has 1 spiro atoms. The Labute approximate surface area is 409 Å². The molecule has 0 unspecified atom stereocenters. The van der Waals surface area contributed by atoms with Gasteiger partial charge in [-0.15, -0.1) is 0 Å². The average Bonchev–Trinajstić information content (AvgIpc) is 4.19. The van der Waals surface area contributed by atoms with E-state index in [9.17, 15) is 0 Å². The fourth-order valence-corrected chi connectivity index (χ4v) is 12.8. The molecule has 328 valence electrons. The Balaban J connectivity index is 1.04. The summed E-state index contributed by atoms with van der Waals surface area (Å²) in [6, 6.07) is 89.3. The highest BCUT2D eigenvalue weighted by atomic mass is 16.3. The van der Waals surface area contributed by atoms with Crippen LogP contribution in [0.2, 0.25) is 0 Å². The Kier molecular flexibility index (Phi) is 7.85. The number of benzene rings is 12. The third kappa shape index (κ3) is 5.31. The van der Waals surface area contributed by atoms with Crippen LogP contribution in [0.3, 0.4) is 0 Å². The first-order valence-corrected chi connectivity index (χ1v) is 24.6. The molecule has 14 aromatic rings. The molecule has 0 bridgehead atoms. The summed E-state index contributed by atoms with van der Waals surface area (Å²) >= 11 is 0. The van der Waals surface area contributed by atoms with Crippen LogP contribution in [-0.4, -0.2) is 0 Å². The molecule has 71 heavy (non-hydrogen) atoms. The van der Waals surface area contributed by atoms with E-state index in [1.807, 2.05) is 0 Å². The molecule has 2 aliphatic carbocycles. The van der Waals surface area contributed by atoms with Crippen LogP contribution in [0.5, 0.6) is 0 Å². The number of furan rings is 2. The SMILES string of the molecule is c1cc(-c2ccc3ccccc3c2)cc(-c2cc3c(c4c2oc2ccccc24)-c2c(cc(-c4cccc(-c5ccc6ccccc6c5)c4)c4c2oc2ccccc24)C32c3ccccc3-c3ccccc32)c1. The molecule has 0 amide bonds. The molecule has 0 atom stereocenters. The Hall–Kier alpha value is -9.24. The lowest BCUT2D eigenvalue weighted by Crippen LogP contribution is -2.26. The molecule has 0 N–H and O–H groups in total. The van der Waals surface area contributed by atoms with E-state index in [0.717, 1.165) is 77.3 Å². The van der Waals surface area contributed by atoms with Gasteiger partial charge in [-0.2, -0.15) is 0 Å². The zero-order valence-corrected chi connectivity index (χ0v) is 38.4. The van der Waals surface area contributed by atoms with Crippen LogP contribution >= 0.6 is 0 Å². The lowest BCUT2D eigenvalue weighted by atomic mass is 9.69. The van der Waals surface area contributed by atoms with Crippen molar-refractivity contribution in [1.82, 2.24) is 0 Å². The van der Waals surface area contributed by atoms with Gasteiger partial charge in [-0.1, -0.05) is 194 Å². The van der Waals surface area contributed by atoms with E-state index in [0.29, 0.717) is 0 Å². The molecule has 0 saturated heterocycles. The molecule has 2 heterocycles. The lowest BCUT2D eigenvalue weighted by Gasteiger charge is -2.31. The summed E-state index contributed by atoms with van der Waals surface area (Å²) in [7, 11) is 0. The summed E-state index contributed by atoms with van der Waals surface area (Å²) in [5, 5.41) is 9.33. The van der Waals surface area contributed by atoms with Crippen LogP contribution in [0.4, 0.5) is 0 Å². The molecule has 2 nitrogen and oxygen atoms in total. The molecule has 0 radical (unpaired) electrons. The van der Waals surface area contributed by atoms with E-state index < -0.39 is 5.41 Å². The second-order valence-corrected chi connectivity index (χ2v) is 19.4. The van der Waals surface area contributed by atoms with E-state index in [4.69, 9.17) is 8.83 Å². The molecule has 0 fully saturated rings. The second kappa shape index (κ2) is 14.4. The smallest absolute Gasteiger partial charge is 0.144 e. The zero-order chi connectivity index (χ0) is 46.4. The van der Waals surface area contributed by atoms with Gasteiger partial charge in [0, 0.05) is 38.2 Å². The molecule has 2 heteroatoms. The van der Waals surface area contributed by atoms with Crippen molar-refractivity contribution in [2.75, 3.05) is 0 Å². The monoisotopic (exact) mass is 900 g/mol. The van der Waals surface area contributed by atoms with Crippen molar-refractivity contribution < 1.29 is 8.83 Å². The maximum Gasteiger partial charge on any atom is 0.144 e. The van der Waals surface area contributed by atoms with E-state index in [1.165, 1.54) is 77.2 Å². The van der Waals surface area contributed by atoms with Gasteiger partial charge >= 0.3 is 0 Å². The number of hydrogen-bond acceptors (Lipinski definition) is 2. The van der Waals surface area contributed by atoms with Gasteiger partial charge in [0.05, 0.1) is 5.41 Å². The number of fused-ring (bicyclic) bond motifs is 20. The second-order valence-electron chi connectivity index (χ2n) is 19.4. The lowest BCUT2D eigenvalue weighted by molar-refractivity contribution is 0.669. The predicted molar refractivity (Wildman–Crippen MR) is 294 cm³/mol. The largest absolute Gasteiger partial charge is 0.455 e. The van der Waals surface area contributed by atoms with Crippen LogP contribution < -0.4 is 0 Å². The summed E-state index contributed by atoms with van der Waals surface area (Å²) in [4.78, 5) is 0. The first kappa shape index (κ1) is 38.7. The Morgan fingerprint density at radius 2 is 0.704 bits per heavy atom. The normalized spacial score (nSPS) is 13.2. The van der Waals surface area contributed by atoms with Crippen molar-refractivity contribution >= 4 is 65.4 Å². The molecule has 2 aliphatic rings. The standard InChI is InChI=1S/C69H40O2/c1-3-17-43-35-47(33-31-41(43)15-1)45-19-13-21-49(37-45)55-39-60-66(68-63(55)53-25-7-11-29-61(53)71-68)65-59(69(60)57-27-9-5-23-51(57)52-24-6-10-28-58(52)69)40-56(67-64(65)54-26-8-12-30-62(54)70-67)50-22-14-20-46(38-50)48-34-32-42-16-2-4-18-44(42)36-48/h1-40H. The van der Waals surface area contributed by atoms with Crippen molar-refractivity contribution in [2.45, 2.75) is 5.41 Å². The predicted octanol–water partition coefficient (Wildman–Crippen LogP) is 18.8. The average molecular weight is 901 g/mol. The third-order valence-corrected chi connectivity index (χ3v) is 15.8. The first-order chi connectivity index (χ1) is 35.2. The summed E-state index contributed by atoms with van der Waals surface area (Å²) in [6.07, 6.45) is 0. The third-order valence-electron chi connectivity index (χ3n) is 15.8. The minimum Gasteiger partial charge on any atom is -0.455 e. The van der Waals surface area contributed by atoms with Gasteiger partial charge in [-0.25, -0.2) is 0 Å². The summed E-state index contributed by atoms with van der Waals surface area (Å²) in [6.45, 7) is 0. The van der Waals surface area contributed by atoms with Crippen molar-refractivity contribution in [3.05, 3.63) is 265 Å². The Morgan fingerprint density at radius 3 is 1.32 bits per heavy atom. The summed E-state index contributed by atoms with van der Waals surface area (Å²) in [5.74, 6) is 0. The fraction of sp³-hybridized carbons (Fsp3) is 0.0145. The van der Waals surface area contributed by atoms with Gasteiger partial charge in [0.15, 0.2) is 0 Å². The first-order valence-electron chi connectivity index (χ1n) is 24.6. The minimum atomic E-state index is -0.701. The summed E-state index contributed by atoms with van der Waals surface area (Å²) < 4.78 is 14.6. The van der Waals surface area contributed by atoms with Crippen LogP contribution in [-0.2, 0) is 5.41 Å². The zero-order valence-electron chi connectivity index (χ0n) is 38.4. The quantitative estimate of drug-likeness (QED) is 0.176. The molecule has 0 saturated carbocycles. The van der Waals surface area contributed by atoms with Crippen LogP contribution in [0.15, 0.2) is 251 Å². The van der Waals surface area contributed by atoms with Crippen LogP contribution in [0, 0.1) is 0 Å². The minimum absolute atomic E-state index is 0.701. The Morgan fingerprint density at radius 1 is 0.254 bits per heavy atom. The fourth-order valence-electron chi connectivity index (χ4n) is 12.8. The number of rotatable bonds is 4. The highest BCUT2D eigenvalue weighted by Crippen LogP contribution is 2.67. The van der Waals surface area contributed by atoms with E-state index >= 15 is 0 Å². The van der Waals surface area contributed by atoms with Gasteiger partial charge in [-0.05, 0) is 142 Å². The molecule has 16 rings (SSSR count). The number of hydrogen-bond donors (Lipinski definition) is 0. The topological polar surface area (TPSA) is 26.3 Å². The highest BCUT2D eigenvalue weighted by molar-refractivity contribution is 6.26. The van der Waals surface area contributed by atoms with Crippen molar-refractivity contribution in [1.29, 1.82) is 0 Å². The van der Waals surface area contributed by atoms with E-state index in [2.05, 4.69) is 243 Å². The highest BCUT2D eigenvalue weighted by Gasteiger charge is 2.54. The molecule has 2 aromatic heterocycles. The van der Waals surface area contributed by atoms with Crippen LogP contribution in [0.1, 0.15) is 22.3 Å². The van der Waals surface area contributed by atoms with Crippen molar-refractivity contribution in [3.63, 3.8) is 0 Å². The molecular weight excluding hydrogens is 861 g/mol. The van der Waals surface area contributed by atoms with Gasteiger partial charge in [0.1, 0.15) is 22.3 Å². The molecule has 12 aromatic carbocycles. The van der Waals surface area contributed by atoms with E-state index in [1.54, 1.807) is 0 Å². The van der Waals surface area contributed by atoms with Gasteiger partial charge in [0.2, 0.25) is 0 Å². The maximum atomic E-state index is 7.37. The van der Waals surface area contributed by atoms with Gasteiger partial charge in [0.25, 0.3) is 0 Å². The van der Waals surface area contributed by atoms with Gasteiger partial charge < -0.3 is 8.83 Å². The number of para-hydroxylation sites is 2. The maximum absolute atomic E-state index is 7.37. The molecule has 0 aliphatic heterocycles. The summed E-state index contributed by atoms with van der Waals surface area (Å²) in [5.41, 5.74) is 21.8. The van der Waals surface area contributed by atoms with Gasteiger partial charge in [-0.3, -0.25) is 0 Å². The van der Waals surface area contributed by atoms with Crippen molar-refractivity contribution in [2.24, 2.45) is 0 Å². The van der Waals surface area contributed by atoms with E-state index in [-0.39, 0.29) is 0 Å².